The predicted octanol–water partition coefficient (Wildman–Crippen LogP) is 4.77. The molecular formula is C30H33NO6. The van der Waals surface area contributed by atoms with Crippen LogP contribution in [0.4, 0.5) is 0 Å². The van der Waals surface area contributed by atoms with Gasteiger partial charge in [-0.05, 0) is 68.7 Å². The number of cyclic esters (lactones) is 1. The van der Waals surface area contributed by atoms with Gasteiger partial charge in [0.05, 0.1) is 11.2 Å². The zero-order valence-corrected chi connectivity index (χ0v) is 21.6. The minimum atomic E-state index is -1.16. The molecule has 0 aromatic carbocycles. The molecule has 194 valence electrons. The molecule has 7 nitrogen and oxygen atoms in total. The molecule has 5 atom stereocenters. The number of carbonyl (C=O) groups excluding carboxylic acids is 1. The molecular weight excluding hydrogens is 470 g/mol. The highest BCUT2D eigenvalue weighted by molar-refractivity contribution is 5.70. The molecule has 1 saturated heterocycles. The summed E-state index contributed by atoms with van der Waals surface area (Å²) < 4.78 is 18.3. The van der Waals surface area contributed by atoms with E-state index in [4.69, 9.17) is 13.9 Å². The summed E-state index contributed by atoms with van der Waals surface area (Å²) >= 11 is 0. The first-order valence-electron chi connectivity index (χ1n) is 13.0. The molecule has 37 heavy (non-hydrogen) atoms. The topological polar surface area (TPSA) is 98.9 Å². The fraction of sp³-hybridized carbons (Fsp3) is 0.500. The van der Waals surface area contributed by atoms with Gasteiger partial charge in [0.2, 0.25) is 0 Å². The molecule has 1 unspecified atom stereocenters. The molecule has 1 saturated carbocycles. The number of aromatic nitrogens is 1. The molecule has 1 N–H and O–H groups in total. The summed E-state index contributed by atoms with van der Waals surface area (Å²) in [6.45, 7) is 10.5. The van der Waals surface area contributed by atoms with Crippen molar-refractivity contribution in [3.63, 3.8) is 0 Å². The quantitative estimate of drug-likeness (QED) is 0.465. The Morgan fingerprint density at radius 1 is 1.24 bits per heavy atom. The van der Waals surface area contributed by atoms with Crippen LogP contribution < -0.4 is 10.4 Å². The molecule has 7 heteroatoms. The molecule has 0 amide bonds. The van der Waals surface area contributed by atoms with Gasteiger partial charge >= 0.3 is 11.6 Å². The van der Waals surface area contributed by atoms with Crippen LogP contribution in [0.3, 0.4) is 0 Å². The number of nitrogens with zero attached hydrogens (tertiary/aromatic N) is 1. The summed E-state index contributed by atoms with van der Waals surface area (Å²) in [6, 6.07) is 5.44. The highest BCUT2D eigenvalue weighted by atomic mass is 16.5. The van der Waals surface area contributed by atoms with Crippen molar-refractivity contribution in [2.75, 3.05) is 6.61 Å². The molecule has 2 aliphatic heterocycles. The van der Waals surface area contributed by atoms with Gasteiger partial charge in [0, 0.05) is 47.7 Å². The van der Waals surface area contributed by atoms with Crippen molar-refractivity contribution < 1.29 is 23.8 Å². The lowest BCUT2D eigenvalue weighted by atomic mass is 9.40. The van der Waals surface area contributed by atoms with Gasteiger partial charge < -0.3 is 19.0 Å². The van der Waals surface area contributed by atoms with E-state index in [0.29, 0.717) is 53.9 Å². The number of ether oxygens (including phenoxy) is 2. The van der Waals surface area contributed by atoms with Gasteiger partial charge in [0.25, 0.3) is 0 Å². The van der Waals surface area contributed by atoms with Crippen molar-refractivity contribution in [3.05, 3.63) is 70.4 Å². The molecule has 4 heterocycles. The van der Waals surface area contributed by atoms with Crippen molar-refractivity contribution in [3.8, 4) is 17.1 Å². The van der Waals surface area contributed by atoms with Crippen LogP contribution in [0.2, 0.25) is 0 Å². The van der Waals surface area contributed by atoms with Crippen molar-refractivity contribution in [2.45, 2.75) is 70.5 Å². The average Bonchev–Trinajstić information content (AvgIpc) is 3.29. The number of aliphatic hydroxyl groups is 1. The SMILES string of the molecule is C=C(C)[C@]1(O)CC[C@]2(C)C(CC=C(C)[C@@]23Cc2c(cc(-c4cccnc4)oc2=O)O3)[C@@]12CCC(=O)OC2. The van der Waals surface area contributed by atoms with Crippen LogP contribution in [0.25, 0.3) is 11.3 Å². The number of pyridine rings is 1. The van der Waals surface area contributed by atoms with Crippen LogP contribution >= 0.6 is 0 Å². The van der Waals surface area contributed by atoms with Crippen molar-refractivity contribution in [2.24, 2.45) is 16.7 Å². The summed E-state index contributed by atoms with van der Waals surface area (Å²) in [4.78, 5) is 29.5. The zero-order chi connectivity index (χ0) is 26.2. The van der Waals surface area contributed by atoms with E-state index in [1.54, 1.807) is 24.5 Å². The van der Waals surface area contributed by atoms with Gasteiger partial charge in [-0.1, -0.05) is 19.6 Å². The number of fused-ring (bicyclic) bond motifs is 4. The lowest BCUT2D eigenvalue weighted by Crippen LogP contribution is -2.70. The molecule has 2 aliphatic carbocycles. The first-order chi connectivity index (χ1) is 17.6. The smallest absolute Gasteiger partial charge is 0.343 e. The van der Waals surface area contributed by atoms with E-state index in [2.05, 4.69) is 31.5 Å². The molecule has 2 fully saturated rings. The average molecular weight is 504 g/mol. The first-order valence-corrected chi connectivity index (χ1v) is 13.0. The maximum Gasteiger partial charge on any atom is 0.343 e. The third-order valence-corrected chi connectivity index (χ3v) is 10.1. The number of allylic oxidation sites excluding steroid dienone is 1. The van der Waals surface area contributed by atoms with Gasteiger partial charge in [0.1, 0.15) is 23.7 Å². The second-order valence-corrected chi connectivity index (χ2v) is 11.6. The second-order valence-electron chi connectivity index (χ2n) is 11.6. The Bertz CT molecular complexity index is 1380. The molecule has 6 rings (SSSR count). The largest absolute Gasteiger partial charge is 0.481 e. The van der Waals surface area contributed by atoms with Crippen molar-refractivity contribution >= 4 is 5.97 Å². The van der Waals surface area contributed by atoms with Crippen LogP contribution in [-0.4, -0.2) is 33.9 Å². The van der Waals surface area contributed by atoms with E-state index in [1.807, 2.05) is 13.0 Å². The number of esters is 1. The Morgan fingerprint density at radius 3 is 2.73 bits per heavy atom. The molecule has 0 bridgehead atoms. The summed E-state index contributed by atoms with van der Waals surface area (Å²) in [6.07, 6.45) is 8.59. The van der Waals surface area contributed by atoms with Gasteiger partial charge in [-0.25, -0.2) is 4.79 Å². The van der Waals surface area contributed by atoms with Crippen LogP contribution in [0.15, 0.2) is 63.6 Å². The Kier molecular flexibility index (Phi) is 5.16. The number of rotatable bonds is 2. The summed E-state index contributed by atoms with van der Waals surface area (Å²) in [5.74, 6) is 0.675. The van der Waals surface area contributed by atoms with Crippen molar-refractivity contribution in [1.29, 1.82) is 0 Å². The maximum atomic E-state index is 13.2. The fourth-order valence-corrected chi connectivity index (χ4v) is 7.97. The van der Waals surface area contributed by atoms with Crippen LogP contribution in [0.5, 0.6) is 5.75 Å². The third-order valence-electron chi connectivity index (χ3n) is 10.1. The van der Waals surface area contributed by atoms with Crippen molar-refractivity contribution in [1.82, 2.24) is 4.98 Å². The van der Waals surface area contributed by atoms with Crippen LogP contribution in [0, 0.1) is 16.7 Å². The maximum absolute atomic E-state index is 13.2. The molecule has 2 spiro atoms. The molecule has 2 aromatic heterocycles. The van der Waals surface area contributed by atoms with Crippen LogP contribution in [0.1, 0.15) is 58.4 Å². The molecule has 2 aromatic rings. The van der Waals surface area contributed by atoms with E-state index in [0.717, 1.165) is 12.0 Å². The third kappa shape index (κ3) is 3.06. The highest BCUT2D eigenvalue weighted by Crippen LogP contribution is 2.69. The van der Waals surface area contributed by atoms with Crippen LogP contribution in [-0.2, 0) is 16.0 Å². The van der Waals surface area contributed by atoms with Gasteiger partial charge in [-0.15, -0.1) is 0 Å². The minimum Gasteiger partial charge on any atom is -0.481 e. The number of carbonyl (C=O) groups is 1. The number of hydrogen-bond acceptors (Lipinski definition) is 7. The normalized spacial score (nSPS) is 36.4. The Morgan fingerprint density at radius 2 is 2.05 bits per heavy atom. The minimum absolute atomic E-state index is 0.0496. The van der Waals surface area contributed by atoms with Gasteiger partial charge in [-0.2, -0.15) is 0 Å². The highest BCUT2D eigenvalue weighted by Gasteiger charge is 2.71. The Balaban J connectivity index is 1.47. The van der Waals surface area contributed by atoms with E-state index in [-0.39, 0.29) is 24.9 Å². The Hall–Kier alpha value is -3.19. The lowest BCUT2D eigenvalue weighted by Gasteiger charge is -2.66. The molecule has 0 radical (unpaired) electrons. The standard InChI is InChI=1S/C30H33NO6/c1-18(2)29(34)12-11-27(4)24(28(29)10-9-25(32)35-17-28)8-7-19(3)30(27)15-21-23(37-30)14-22(36-26(21)33)20-6-5-13-31-16-20/h5-7,13-14,16,24,34H,1,8-12,15,17H2,2-4H3/t24?,27-,28+,29-,30+/m1/s1. The zero-order valence-electron chi connectivity index (χ0n) is 21.6. The summed E-state index contributed by atoms with van der Waals surface area (Å²) in [5.41, 5.74) is -0.432. The van der Waals surface area contributed by atoms with E-state index in [9.17, 15) is 14.7 Å². The van der Waals surface area contributed by atoms with Gasteiger partial charge in [-0.3, -0.25) is 9.78 Å². The molecule has 4 aliphatic rings. The van der Waals surface area contributed by atoms with Gasteiger partial charge in [0.15, 0.2) is 0 Å². The first kappa shape index (κ1) is 24.2. The monoisotopic (exact) mass is 503 g/mol. The number of hydrogen-bond donors (Lipinski definition) is 1. The van der Waals surface area contributed by atoms with E-state index in [1.165, 1.54) is 0 Å². The summed E-state index contributed by atoms with van der Waals surface area (Å²) in [7, 11) is 0. The Labute approximate surface area is 216 Å². The van der Waals surface area contributed by atoms with E-state index >= 15 is 0 Å². The second kappa shape index (κ2) is 7.90. The fourth-order valence-electron chi connectivity index (χ4n) is 7.97. The van der Waals surface area contributed by atoms with E-state index < -0.39 is 27.7 Å². The summed E-state index contributed by atoms with van der Waals surface area (Å²) in [5, 5.41) is 12.1. The predicted molar refractivity (Wildman–Crippen MR) is 137 cm³/mol. The lowest BCUT2D eigenvalue weighted by molar-refractivity contribution is -0.237.